The van der Waals surface area contributed by atoms with Gasteiger partial charge >= 0.3 is 0 Å². The standard InChI is InChI=1S/C18H14N2O2/c21-15-10-9-11-5-1-2-6-12(11)16(15)17-19-14-8-4-3-7-13(14)18(22)20-17/h1-10,17,19,21H,(H,20,22). The molecule has 4 heteroatoms. The molecule has 1 atom stereocenters. The van der Waals surface area contributed by atoms with E-state index in [1.54, 1.807) is 12.1 Å². The number of amides is 1. The van der Waals surface area contributed by atoms with Crippen molar-refractivity contribution in [2.45, 2.75) is 6.17 Å². The number of anilines is 1. The van der Waals surface area contributed by atoms with Crippen molar-refractivity contribution in [1.82, 2.24) is 5.32 Å². The molecule has 4 nitrogen and oxygen atoms in total. The molecule has 108 valence electrons. The maximum absolute atomic E-state index is 12.3. The van der Waals surface area contributed by atoms with Crippen LogP contribution in [0.2, 0.25) is 0 Å². The van der Waals surface area contributed by atoms with E-state index < -0.39 is 6.17 Å². The van der Waals surface area contributed by atoms with E-state index in [0.29, 0.717) is 11.1 Å². The van der Waals surface area contributed by atoms with E-state index in [1.165, 1.54) is 0 Å². The Morgan fingerprint density at radius 2 is 1.64 bits per heavy atom. The Hall–Kier alpha value is -3.01. The first-order chi connectivity index (χ1) is 10.7. The topological polar surface area (TPSA) is 61.4 Å². The van der Waals surface area contributed by atoms with Crippen LogP contribution >= 0.6 is 0 Å². The lowest BCUT2D eigenvalue weighted by atomic mass is 9.99. The summed E-state index contributed by atoms with van der Waals surface area (Å²) in [5.41, 5.74) is 2.06. The zero-order valence-corrected chi connectivity index (χ0v) is 11.7. The number of para-hydroxylation sites is 1. The second kappa shape index (κ2) is 4.77. The van der Waals surface area contributed by atoms with Gasteiger partial charge in [-0.3, -0.25) is 4.79 Å². The van der Waals surface area contributed by atoms with E-state index in [2.05, 4.69) is 10.6 Å². The highest BCUT2D eigenvalue weighted by atomic mass is 16.3. The van der Waals surface area contributed by atoms with Gasteiger partial charge in [-0.15, -0.1) is 0 Å². The number of phenols is 1. The van der Waals surface area contributed by atoms with Gasteiger partial charge < -0.3 is 15.7 Å². The molecule has 3 aromatic rings. The van der Waals surface area contributed by atoms with Crippen LogP contribution in [-0.2, 0) is 0 Å². The Kier molecular flexibility index (Phi) is 2.76. The van der Waals surface area contributed by atoms with Gasteiger partial charge in [-0.05, 0) is 29.0 Å². The predicted molar refractivity (Wildman–Crippen MR) is 85.9 cm³/mol. The lowest BCUT2D eigenvalue weighted by Gasteiger charge is -2.29. The fraction of sp³-hybridized carbons (Fsp3) is 0.0556. The Bertz CT molecular complexity index is 889. The Labute approximate surface area is 127 Å². The minimum Gasteiger partial charge on any atom is -0.507 e. The van der Waals surface area contributed by atoms with Crippen molar-refractivity contribution in [3.05, 3.63) is 71.8 Å². The molecular formula is C18H14N2O2. The second-order valence-corrected chi connectivity index (χ2v) is 5.32. The molecule has 1 unspecified atom stereocenters. The van der Waals surface area contributed by atoms with Gasteiger partial charge in [0.25, 0.3) is 5.91 Å². The average Bonchev–Trinajstić information content (AvgIpc) is 2.54. The summed E-state index contributed by atoms with van der Waals surface area (Å²) >= 11 is 0. The van der Waals surface area contributed by atoms with E-state index in [-0.39, 0.29) is 11.7 Å². The van der Waals surface area contributed by atoms with Crippen LogP contribution in [0.15, 0.2) is 60.7 Å². The number of nitrogens with one attached hydrogen (secondary N) is 2. The molecule has 22 heavy (non-hydrogen) atoms. The van der Waals surface area contributed by atoms with Crippen molar-refractivity contribution in [2.24, 2.45) is 0 Å². The summed E-state index contributed by atoms with van der Waals surface area (Å²) in [4.78, 5) is 12.3. The first kappa shape index (κ1) is 12.7. The highest BCUT2D eigenvalue weighted by Crippen LogP contribution is 2.35. The first-order valence-corrected chi connectivity index (χ1v) is 7.11. The van der Waals surface area contributed by atoms with Crippen molar-refractivity contribution in [3.63, 3.8) is 0 Å². The van der Waals surface area contributed by atoms with E-state index in [9.17, 15) is 9.90 Å². The number of hydrogen-bond donors (Lipinski definition) is 3. The minimum absolute atomic E-state index is 0.147. The van der Waals surface area contributed by atoms with Crippen LogP contribution in [0.25, 0.3) is 10.8 Å². The molecular weight excluding hydrogens is 276 g/mol. The normalized spacial score (nSPS) is 16.7. The largest absolute Gasteiger partial charge is 0.507 e. The van der Waals surface area contributed by atoms with Crippen LogP contribution in [0, 0.1) is 0 Å². The summed E-state index contributed by atoms with van der Waals surface area (Å²) in [5, 5.41) is 18.4. The van der Waals surface area contributed by atoms with E-state index >= 15 is 0 Å². The van der Waals surface area contributed by atoms with Crippen LogP contribution in [0.3, 0.4) is 0 Å². The maximum atomic E-state index is 12.3. The Balaban J connectivity index is 1.87. The SMILES string of the molecule is O=C1NC(c2c(O)ccc3ccccc23)Nc2ccccc21. The van der Waals surface area contributed by atoms with E-state index in [0.717, 1.165) is 16.5 Å². The molecule has 0 fully saturated rings. The van der Waals surface area contributed by atoms with Gasteiger partial charge in [0, 0.05) is 11.3 Å². The highest BCUT2D eigenvalue weighted by molar-refractivity contribution is 6.02. The van der Waals surface area contributed by atoms with Gasteiger partial charge in [-0.2, -0.15) is 0 Å². The molecule has 3 aromatic carbocycles. The molecule has 0 radical (unpaired) electrons. The molecule has 1 amide bonds. The van der Waals surface area contributed by atoms with Crippen molar-refractivity contribution < 1.29 is 9.90 Å². The minimum atomic E-state index is -0.464. The molecule has 4 rings (SSSR count). The third kappa shape index (κ3) is 1.89. The Morgan fingerprint density at radius 3 is 2.55 bits per heavy atom. The smallest absolute Gasteiger partial charge is 0.255 e. The van der Waals surface area contributed by atoms with Crippen molar-refractivity contribution in [2.75, 3.05) is 5.32 Å². The molecule has 0 spiro atoms. The average molecular weight is 290 g/mol. The quantitative estimate of drug-likeness (QED) is 0.643. The number of rotatable bonds is 1. The van der Waals surface area contributed by atoms with Gasteiger partial charge in [0.05, 0.1) is 5.56 Å². The Morgan fingerprint density at radius 1 is 0.864 bits per heavy atom. The molecule has 0 aromatic heterocycles. The van der Waals surface area contributed by atoms with Crippen LogP contribution in [0.1, 0.15) is 22.1 Å². The fourth-order valence-corrected chi connectivity index (χ4v) is 2.94. The third-order valence-electron chi connectivity index (χ3n) is 3.98. The van der Waals surface area contributed by atoms with Gasteiger partial charge in [-0.25, -0.2) is 0 Å². The summed E-state index contributed by atoms with van der Waals surface area (Å²) in [6.07, 6.45) is -0.464. The highest BCUT2D eigenvalue weighted by Gasteiger charge is 2.27. The first-order valence-electron chi connectivity index (χ1n) is 7.11. The van der Waals surface area contributed by atoms with E-state index in [4.69, 9.17) is 0 Å². The molecule has 0 aliphatic carbocycles. The lowest BCUT2D eigenvalue weighted by molar-refractivity contribution is 0.0935. The van der Waals surface area contributed by atoms with Gasteiger partial charge in [0.2, 0.25) is 0 Å². The summed E-state index contributed by atoms with van der Waals surface area (Å²) in [5.74, 6) is 0.0163. The molecule has 0 saturated carbocycles. The van der Waals surface area contributed by atoms with Crippen LogP contribution in [0.5, 0.6) is 5.75 Å². The number of carbonyl (C=O) groups excluding carboxylic acids is 1. The zero-order valence-electron chi connectivity index (χ0n) is 11.7. The number of benzene rings is 3. The van der Waals surface area contributed by atoms with E-state index in [1.807, 2.05) is 48.5 Å². The lowest BCUT2D eigenvalue weighted by Crippen LogP contribution is -2.38. The fourth-order valence-electron chi connectivity index (χ4n) is 2.94. The molecule has 1 aliphatic heterocycles. The van der Waals surface area contributed by atoms with Crippen LogP contribution < -0.4 is 10.6 Å². The second-order valence-electron chi connectivity index (χ2n) is 5.32. The monoisotopic (exact) mass is 290 g/mol. The molecule has 0 saturated heterocycles. The molecule has 1 aliphatic rings. The summed E-state index contributed by atoms with van der Waals surface area (Å²) < 4.78 is 0. The van der Waals surface area contributed by atoms with Gasteiger partial charge in [0.15, 0.2) is 0 Å². The number of aromatic hydroxyl groups is 1. The molecule has 3 N–H and O–H groups in total. The number of carbonyl (C=O) groups is 1. The molecule has 1 heterocycles. The summed E-state index contributed by atoms with van der Waals surface area (Å²) in [7, 11) is 0. The van der Waals surface area contributed by atoms with Crippen molar-refractivity contribution in [3.8, 4) is 5.75 Å². The number of hydrogen-bond acceptors (Lipinski definition) is 3. The van der Waals surface area contributed by atoms with Gasteiger partial charge in [-0.1, -0.05) is 42.5 Å². The number of fused-ring (bicyclic) bond motifs is 2. The summed E-state index contributed by atoms with van der Waals surface area (Å²) in [6, 6.07) is 18.7. The third-order valence-corrected chi connectivity index (χ3v) is 3.98. The van der Waals surface area contributed by atoms with Crippen LogP contribution in [0.4, 0.5) is 5.69 Å². The van der Waals surface area contributed by atoms with Crippen molar-refractivity contribution >= 4 is 22.4 Å². The predicted octanol–water partition coefficient (Wildman–Crippen LogP) is 3.40. The van der Waals surface area contributed by atoms with Crippen molar-refractivity contribution in [1.29, 1.82) is 0 Å². The van der Waals surface area contributed by atoms with Gasteiger partial charge in [0.1, 0.15) is 11.9 Å². The van der Waals surface area contributed by atoms with Crippen LogP contribution in [-0.4, -0.2) is 11.0 Å². The maximum Gasteiger partial charge on any atom is 0.255 e. The molecule has 0 bridgehead atoms. The summed E-state index contributed by atoms with van der Waals surface area (Å²) in [6.45, 7) is 0. The zero-order chi connectivity index (χ0) is 15.1. The number of phenolic OH excluding ortho intramolecular Hbond substituents is 1.